The van der Waals surface area contributed by atoms with Crippen molar-refractivity contribution in [1.29, 1.82) is 0 Å². The van der Waals surface area contributed by atoms with Crippen molar-refractivity contribution >= 4 is 0 Å². The number of aromatic nitrogens is 2. The molecule has 3 heteroatoms. The molecule has 0 N–H and O–H groups in total. The van der Waals surface area contributed by atoms with Gasteiger partial charge in [-0.1, -0.05) is 5.92 Å². The standard InChI is InChI=1S/C8H8N2O/c1-2-3-6-10-7-9-5-4-8(10)11/h4-5,7H,6H2,1H3. The number of rotatable bonds is 1. The van der Waals surface area contributed by atoms with E-state index < -0.39 is 0 Å². The fourth-order valence-electron chi connectivity index (χ4n) is 0.661. The Hall–Kier alpha value is -1.56. The van der Waals surface area contributed by atoms with Crippen molar-refractivity contribution in [3.05, 3.63) is 28.9 Å². The van der Waals surface area contributed by atoms with Gasteiger partial charge >= 0.3 is 0 Å². The van der Waals surface area contributed by atoms with Gasteiger partial charge in [0, 0.05) is 12.3 Å². The lowest BCUT2D eigenvalue weighted by Gasteiger charge is -1.95. The molecule has 0 atom stereocenters. The highest BCUT2D eigenvalue weighted by molar-refractivity contribution is 4.96. The Bertz CT molecular complexity index is 343. The van der Waals surface area contributed by atoms with E-state index in [4.69, 9.17) is 0 Å². The van der Waals surface area contributed by atoms with E-state index >= 15 is 0 Å². The second-order valence-corrected chi connectivity index (χ2v) is 1.97. The van der Waals surface area contributed by atoms with E-state index in [0.717, 1.165) is 0 Å². The molecule has 1 rings (SSSR count). The van der Waals surface area contributed by atoms with E-state index in [1.807, 2.05) is 0 Å². The largest absolute Gasteiger partial charge is 0.287 e. The summed E-state index contributed by atoms with van der Waals surface area (Å²) in [6.45, 7) is 2.16. The van der Waals surface area contributed by atoms with Crippen molar-refractivity contribution in [2.75, 3.05) is 0 Å². The Balaban J connectivity index is 2.92. The van der Waals surface area contributed by atoms with Crippen molar-refractivity contribution in [2.45, 2.75) is 13.5 Å². The van der Waals surface area contributed by atoms with Crippen LogP contribution in [0, 0.1) is 11.8 Å². The minimum atomic E-state index is -0.0669. The monoisotopic (exact) mass is 148 g/mol. The zero-order valence-corrected chi connectivity index (χ0v) is 6.24. The van der Waals surface area contributed by atoms with Crippen LogP contribution in [-0.4, -0.2) is 9.55 Å². The highest BCUT2D eigenvalue weighted by atomic mass is 16.1. The first-order chi connectivity index (χ1) is 5.34. The molecule has 0 amide bonds. The van der Waals surface area contributed by atoms with Gasteiger partial charge in [-0.3, -0.25) is 9.36 Å². The zero-order chi connectivity index (χ0) is 8.10. The molecule has 0 aliphatic carbocycles. The van der Waals surface area contributed by atoms with Crippen LogP contribution in [0.2, 0.25) is 0 Å². The molecule has 1 aromatic heterocycles. The van der Waals surface area contributed by atoms with E-state index in [2.05, 4.69) is 16.8 Å². The topological polar surface area (TPSA) is 34.9 Å². The molecule has 3 nitrogen and oxygen atoms in total. The lowest BCUT2D eigenvalue weighted by molar-refractivity contribution is 0.768. The van der Waals surface area contributed by atoms with Gasteiger partial charge in [-0.15, -0.1) is 5.92 Å². The molecule has 1 heterocycles. The van der Waals surface area contributed by atoms with Gasteiger partial charge in [0.05, 0.1) is 12.9 Å². The second kappa shape index (κ2) is 3.57. The van der Waals surface area contributed by atoms with Crippen LogP contribution in [0.5, 0.6) is 0 Å². The first-order valence-corrected chi connectivity index (χ1v) is 3.24. The smallest absolute Gasteiger partial charge is 0.254 e. The summed E-state index contributed by atoms with van der Waals surface area (Å²) in [6, 6.07) is 1.41. The molecule has 0 aliphatic rings. The van der Waals surface area contributed by atoms with Crippen molar-refractivity contribution in [2.24, 2.45) is 0 Å². The van der Waals surface area contributed by atoms with E-state index in [9.17, 15) is 4.79 Å². The third kappa shape index (κ3) is 1.94. The zero-order valence-electron chi connectivity index (χ0n) is 6.24. The molecule has 0 saturated heterocycles. The molecule has 0 aliphatic heterocycles. The summed E-state index contributed by atoms with van der Waals surface area (Å²) in [6.07, 6.45) is 2.95. The molecule has 0 saturated carbocycles. The normalized spacial score (nSPS) is 8.45. The Labute approximate surface area is 64.7 Å². The van der Waals surface area contributed by atoms with Gasteiger partial charge in [-0.2, -0.15) is 0 Å². The highest BCUT2D eigenvalue weighted by Crippen LogP contribution is 1.74. The summed E-state index contributed by atoms with van der Waals surface area (Å²) >= 11 is 0. The van der Waals surface area contributed by atoms with Crippen molar-refractivity contribution in [3.8, 4) is 11.8 Å². The van der Waals surface area contributed by atoms with Crippen LogP contribution in [0.15, 0.2) is 23.4 Å². The molecule has 0 bridgehead atoms. The SMILES string of the molecule is CC#CCn1cnccc1=O. The van der Waals surface area contributed by atoms with Gasteiger partial charge in [0.2, 0.25) is 0 Å². The molecular weight excluding hydrogens is 140 g/mol. The maximum Gasteiger partial charge on any atom is 0.254 e. The molecule has 0 spiro atoms. The van der Waals surface area contributed by atoms with Gasteiger partial charge in [-0.05, 0) is 6.92 Å². The summed E-state index contributed by atoms with van der Waals surface area (Å²) in [5.41, 5.74) is -0.0669. The van der Waals surface area contributed by atoms with Crippen LogP contribution < -0.4 is 5.56 Å². The van der Waals surface area contributed by atoms with E-state index in [-0.39, 0.29) is 5.56 Å². The van der Waals surface area contributed by atoms with Gasteiger partial charge in [0.1, 0.15) is 0 Å². The highest BCUT2D eigenvalue weighted by Gasteiger charge is 1.88. The van der Waals surface area contributed by atoms with Crippen LogP contribution in [0.25, 0.3) is 0 Å². The van der Waals surface area contributed by atoms with Crippen molar-refractivity contribution < 1.29 is 0 Å². The Morgan fingerprint density at radius 1 is 1.73 bits per heavy atom. The first-order valence-electron chi connectivity index (χ1n) is 3.24. The van der Waals surface area contributed by atoms with E-state index in [1.165, 1.54) is 23.2 Å². The molecule has 0 aromatic carbocycles. The van der Waals surface area contributed by atoms with Gasteiger partial charge in [0.15, 0.2) is 0 Å². The van der Waals surface area contributed by atoms with Crippen LogP contribution in [0.4, 0.5) is 0 Å². The predicted molar refractivity (Wildman–Crippen MR) is 41.9 cm³/mol. The molecule has 56 valence electrons. The number of nitrogens with zero attached hydrogens (tertiary/aromatic N) is 2. The molecule has 0 unspecified atom stereocenters. The average Bonchev–Trinajstić information content (AvgIpc) is 2.03. The first kappa shape index (κ1) is 7.55. The average molecular weight is 148 g/mol. The van der Waals surface area contributed by atoms with Crippen LogP contribution >= 0.6 is 0 Å². The minimum Gasteiger partial charge on any atom is -0.287 e. The lowest BCUT2D eigenvalue weighted by atomic mass is 10.5. The van der Waals surface area contributed by atoms with Crippen LogP contribution in [-0.2, 0) is 6.54 Å². The predicted octanol–water partition coefficient (Wildman–Crippen LogP) is 0.267. The van der Waals surface area contributed by atoms with E-state index in [1.54, 1.807) is 6.92 Å². The summed E-state index contributed by atoms with van der Waals surface area (Å²) < 4.78 is 1.45. The van der Waals surface area contributed by atoms with Crippen molar-refractivity contribution in [1.82, 2.24) is 9.55 Å². The third-order valence-electron chi connectivity index (χ3n) is 1.22. The third-order valence-corrected chi connectivity index (χ3v) is 1.22. The summed E-state index contributed by atoms with van der Waals surface area (Å²) in [4.78, 5) is 14.8. The number of hydrogen-bond acceptors (Lipinski definition) is 2. The van der Waals surface area contributed by atoms with Gasteiger partial charge < -0.3 is 0 Å². The van der Waals surface area contributed by atoms with Gasteiger partial charge in [0.25, 0.3) is 5.56 Å². The quantitative estimate of drug-likeness (QED) is 0.536. The number of hydrogen-bond donors (Lipinski definition) is 0. The lowest BCUT2D eigenvalue weighted by Crippen LogP contribution is -2.17. The summed E-state index contributed by atoms with van der Waals surface area (Å²) in [7, 11) is 0. The minimum absolute atomic E-state index is 0.0669. The Kier molecular flexibility index (Phi) is 2.45. The summed E-state index contributed by atoms with van der Waals surface area (Å²) in [5.74, 6) is 5.48. The van der Waals surface area contributed by atoms with Crippen LogP contribution in [0.1, 0.15) is 6.92 Å². The van der Waals surface area contributed by atoms with Crippen LogP contribution in [0.3, 0.4) is 0 Å². The molecule has 0 fully saturated rings. The fraction of sp³-hybridized carbons (Fsp3) is 0.250. The molecule has 0 radical (unpaired) electrons. The molecular formula is C8H8N2O. The van der Waals surface area contributed by atoms with E-state index in [0.29, 0.717) is 6.54 Å². The summed E-state index contributed by atoms with van der Waals surface area (Å²) in [5, 5.41) is 0. The molecule has 11 heavy (non-hydrogen) atoms. The maximum absolute atomic E-state index is 11.0. The second-order valence-electron chi connectivity index (χ2n) is 1.97. The van der Waals surface area contributed by atoms with Crippen molar-refractivity contribution in [3.63, 3.8) is 0 Å². The fourth-order valence-corrected chi connectivity index (χ4v) is 0.661. The maximum atomic E-state index is 11.0. The van der Waals surface area contributed by atoms with Gasteiger partial charge in [-0.25, -0.2) is 4.98 Å². The Morgan fingerprint density at radius 2 is 2.55 bits per heavy atom. The Morgan fingerprint density at radius 3 is 3.18 bits per heavy atom. The molecule has 1 aromatic rings.